The molecule has 1 fully saturated rings. The van der Waals surface area contributed by atoms with E-state index in [9.17, 15) is 9.59 Å². The third-order valence-corrected chi connectivity index (χ3v) is 2.84. The molecule has 0 bridgehead atoms. The highest BCUT2D eigenvalue weighted by Crippen LogP contribution is 2.22. The largest absolute Gasteiger partial charge is 0.439 e. The van der Waals surface area contributed by atoms with Gasteiger partial charge in [-0.3, -0.25) is 14.5 Å². The predicted molar refractivity (Wildman–Crippen MR) is 64.8 cm³/mol. The van der Waals surface area contributed by atoms with E-state index in [1.807, 2.05) is 0 Å². The van der Waals surface area contributed by atoms with E-state index in [0.29, 0.717) is 16.8 Å². The van der Waals surface area contributed by atoms with Crippen molar-refractivity contribution in [2.45, 2.75) is 6.54 Å². The van der Waals surface area contributed by atoms with Crippen molar-refractivity contribution >= 4 is 28.6 Å². The number of para-hydroxylation sites is 1. The van der Waals surface area contributed by atoms with Crippen LogP contribution in [0.2, 0.25) is 0 Å². The van der Waals surface area contributed by atoms with Gasteiger partial charge in [-0.2, -0.15) is 0 Å². The topological polar surface area (TPSA) is 98.7 Å². The lowest BCUT2D eigenvalue weighted by atomic mass is 10.3. The number of fused-ring (bicyclic) bond motifs is 1. The van der Waals surface area contributed by atoms with Gasteiger partial charge in [-0.25, -0.2) is 4.98 Å². The van der Waals surface area contributed by atoms with Crippen molar-refractivity contribution in [3.05, 3.63) is 24.1 Å². The van der Waals surface area contributed by atoms with Gasteiger partial charge in [0.05, 0.1) is 5.69 Å². The van der Waals surface area contributed by atoms with Crippen LogP contribution in [0.4, 0.5) is 5.69 Å². The molecule has 3 rings (SSSR count). The molecule has 2 amide bonds. The summed E-state index contributed by atoms with van der Waals surface area (Å²) in [6.07, 6.45) is 0. The minimum atomic E-state index is -0.397. The summed E-state index contributed by atoms with van der Waals surface area (Å²) >= 11 is 0. The fraction of sp³-hybridized carbons (Fsp3) is 0.250. The number of carbonyl (C=O) groups is 2. The van der Waals surface area contributed by atoms with Gasteiger partial charge in [0, 0.05) is 0 Å². The molecule has 1 aromatic heterocycles. The van der Waals surface area contributed by atoms with Gasteiger partial charge in [0.1, 0.15) is 25.3 Å². The SMILES string of the molecule is Nc1cccc2oc(CN3C(=O)COCC3=O)nc12. The second kappa shape index (κ2) is 4.36. The standard InChI is InChI=1S/C12H11N3O4/c13-7-2-1-3-8-12(7)14-9(19-8)4-15-10(16)5-18-6-11(15)17/h1-3H,4-6,13H2. The Morgan fingerprint density at radius 3 is 2.68 bits per heavy atom. The van der Waals surface area contributed by atoms with E-state index in [-0.39, 0.29) is 25.6 Å². The van der Waals surface area contributed by atoms with Crippen molar-refractivity contribution in [3.63, 3.8) is 0 Å². The summed E-state index contributed by atoms with van der Waals surface area (Å²) in [5.41, 5.74) is 7.32. The number of morpholine rings is 1. The lowest BCUT2D eigenvalue weighted by Gasteiger charge is -2.23. The zero-order valence-electron chi connectivity index (χ0n) is 9.96. The number of ether oxygens (including phenoxy) is 1. The van der Waals surface area contributed by atoms with Gasteiger partial charge >= 0.3 is 0 Å². The molecule has 2 heterocycles. The molecule has 0 saturated carbocycles. The van der Waals surface area contributed by atoms with Crippen LogP contribution in [-0.4, -0.2) is 34.9 Å². The monoisotopic (exact) mass is 261 g/mol. The van der Waals surface area contributed by atoms with E-state index in [1.54, 1.807) is 18.2 Å². The zero-order chi connectivity index (χ0) is 13.4. The van der Waals surface area contributed by atoms with E-state index in [4.69, 9.17) is 14.9 Å². The molecule has 1 aliphatic heterocycles. The quantitative estimate of drug-likeness (QED) is 0.616. The summed E-state index contributed by atoms with van der Waals surface area (Å²) in [4.78, 5) is 28.4. The molecule has 0 atom stereocenters. The molecule has 2 N–H and O–H groups in total. The van der Waals surface area contributed by atoms with Crippen LogP contribution < -0.4 is 5.73 Å². The van der Waals surface area contributed by atoms with E-state index in [2.05, 4.69) is 4.98 Å². The first-order valence-electron chi connectivity index (χ1n) is 5.70. The van der Waals surface area contributed by atoms with E-state index in [1.165, 1.54) is 0 Å². The molecule has 7 nitrogen and oxygen atoms in total. The molecule has 0 unspecified atom stereocenters. The van der Waals surface area contributed by atoms with Crippen molar-refractivity contribution in [2.75, 3.05) is 18.9 Å². The molecular formula is C12H11N3O4. The van der Waals surface area contributed by atoms with Crippen molar-refractivity contribution in [2.24, 2.45) is 0 Å². The maximum Gasteiger partial charge on any atom is 0.255 e. The average Bonchev–Trinajstić information content (AvgIpc) is 2.78. The van der Waals surface area contributed by atoms with Gasteiger partial charge in [0.25, 0.3) is 11.8 Å². The minimum Gasteiger partial charge on any atom is -0.439 e. The number of nitrogens with two attached hydrogens (primary N) is 1. The van der Waals surface area contributed by atoms with Crippen LogP contribution in [-0.2, 0) is 20.9 Å². The van der Waals surface area contributed by atoms with E-state index >= 15 is 0 Å². The molecule has 1 aliphatic rings. The van der Waals surface area contributed by atoms with Crippen molar-refractivity contribution < 1.29 is 18.7 Å². The van der Waals surface area contributed by atoms with Crippen LogP contribution >= 0.6 is 0 Å². The van der Waals surface area contributed by atoms with Crippen LogP contribution in [0.5, 0.6) is 0 Å². The molecular weight excluding hydrogens is 250 g/mol. The first-order valence-corrected chi connectivity index (χ1v) is 5.70. The predicted octanol–water partition coefficient (Wildman–Crippen LogP) is 0.295. The fourth-order valence-electron chi connectivity index (χ4n) is 1.92. The lowest BCUT2D eigenvalue weighted by molar-refractivity contribution is -0.159. The van der Waals surface area contributed by atoms with Crippen LogP contribution in [0, 0.1) is 0 Å². The van der Waals surface area contributed by atoms with Crippen LogP contribution in [0.1, 0.15) is 5.89 Å². The number of oxazole rings is 1. The number of imide groups is 1. The molecule has 7 heteroatoms. The Morgan fingerprint density at radius 2 is 2.00 bits per heavy atom. The normalized spacial score (nSPS) is 16.3. The Hall–Kier alpha value is -2.41. The Kier molecular flexibility index (Phi) is 2.68. The first-order chi connectivity index (χ1) is 9.15. The fourth-order valence-corrected chi connectivity index (χ4v) is 1.92. The molecule has 0 aliphatic carbocycles. The van der Waals surface area contributed by atoms with Crippen molar-refractivity contribution in [3.8, 4) is 0 Å². The number of amides is 2. The number of anilines is 1. The third kappa shape index (κ3) is 2.04. The summed E-state index contributed by atoms with van der Waals surface area (Å²) in [5.74, 6) is -0.519. The lowest BCUT2D eigenvalue weighted by Crippen LogP contribution is -2.45. The highest BCUT2D eigenvalue weighted by Gasteiger charge is 2.28. The molecule has 2 aromatic rings. The summed E-state index contributed by atoms with van der Waals surface area (Å²) in [5, 5.41) is 0. The smallest absolute Gasteiger partial charge is 0.255 e. The van der Waals surface area contributed by atoms with E-state index in [0.717, 1.165) is 4.90 Å². The number of rotatable bonds is 2. The summed E-state index contributed by atoms with van der Waals surface area (Å²) in [7, 11) is 0. The number of hydrogen-bond donors (Lipinski definition) is 1. The van der Waals surface area contributed by atoms with E-state index < -0.39 is 11.8 Å². The Labute approximate surface area is 107 Å². The maximum atomic E-state index is 11.6. The zero-order valence-corrected chi connectivity index (χ0v) is 9.96. The van der Waals surface area contributed by atoms with Crippen LogP contribution in [0.15, 0.2) is 22.6 Å². The Morgan fingerprint density at radius 1 is 1.26 bits per heavy atom. The van der Waals surface area contributed by atoms with Crippen LogP contribution in [0.25, 0.3) is 11.1 Å². The van der Waals surface area contributed by atoms with Crippen LogP contribution in [0.3, 0.4) is 0 Å². The van der Waals surface area contributed by atoms with Gasteiger partial charge in [-0.05, 0) is 12.1 Å². The maximum absolute atomic E-state index is 11.6. The number of hydrogen-bond acceptors (Lipinski definition) is 6. The average molecular weight is 261 g/mol. The summed E-state index contributed by atoms with van der Waals surface area (Å²) < 4.78 is 10.3. The van der Waals surface area contributed by atoms with Gasteiger partial charge in [0.2, 0.25) is 5.89 Å². The molecule has 0 radical (unpaired) electrons. The summed E-state index contributed by atoms with van der Waals surface area (Å²) in [6, 6.07) is 5.18. The molecule has 0 spiro atoms. The Bertz CT molecular complexity index is 648. The van der Waals surface area contributed by atoms with Crippen molar-refractivity contribution in [1.82, 2.24) is 9.88 Å². The Balaban J connectivity index is 1.90. The molecule has 98 valence electrons. The number of carbonyl (C=O) groups excluding carboxylic acids is 2. The second-order valence-corrected chi connectivity index (χ2v) is 4.17. The summed E-state index contributed by atoms with van der Waals surface area (Å²) in [6.45, 7) is -0.211. The number of aromatic nitrogens is 1. The third-order valence-electron chi connectivity index (χ3n) is 2.84. The second-order valence-electron chi connectivity index (χ2n) is 4.17. The first kappa shape index (κ1) is 11.7. The number of nitrogen functional groups attached to an aromatic ring is 1. The molecule has 19 heavy (non-hydrogen) atoms. The number of benzene rings is 1. The van der Waals surface area contributed by atoms with Gasteiger partial charge in [-0.1, -0.05) is 6.07 Å². The highest BCUT2D eigenvalue weighted by atomic mass is 16.5. The van der Waals surface area contributed by atoms with Gasteiger partial charge < -0.3 is 14.9 Å². The minimum absolute atomic E-state index is 0.00481. The highest BCUT2D eigenvalue weighted by molar-refractivity contribution is 5.98. The van der Waals surface area contributed by atoms with Crippen molar-refractivity contribution in [1.29, 1.82) is 0 Å². The molecule has 1 saturated heterocycles. The van der Waals surface area contributed by atoms with Gasteiger partial charge in [-0.15, -0.1) is 0 Å². The number of nitrogens with zero attached hydrogens (tertiary/aromatic N) is 2. The van der Waals surface area contributed by atoms with Gasteiger partial charge in [0.15, 0.2) is 5.58 Å². The molecule has 1 aromatic carbocycles.